The van der Waals surface area contributed by atoms with E-state index < -0.39 is 25.6 Å². The summed E-state index contributed by atoms with van der Waals surface area (Å²) in [5.74, 6) is 0. The first-order valence-electron chi connectivity index (χ1n) is 5.51. The van der Waals surface area contributed by atoms with E-state index in [0.29, 0.717) is 0 Å². The zero-order chi connectivity index (χ0) is 15.6. The van der Waals surface area contributed by atoms with Crippen molar-refractivity contribution >= 4 is 31.6 Å². The van der Waals surface area contributed by atoms with Crippen LogP contribution in [0.4, 0.5) is 0 Å². The van der Waals surface area contributed by atoms with Crippen LogP contribution in [0.5, 0.6) is 0 Å². The summed E-state index contributed by atoms with van der Waals surface area (Å²) in [5.41, 5.74) is -0.958. The number of hydrogen-bond acceptors (Lipinski definition) is 5. The van der Waals surface area contributed by atoms with Gasteiger partial charge in [0.05, 0.1) is 6.26 Å². The number of rotatable bonds is 6. The molecule has 7 nitrogen and oxygen atoms in total. The van der Waals surface area contributed by atoms with E-state index >= 15 is 0 Å². The van der Waals surface area contributed by atoms with Crippen LogP contribution < -0.4 is 9.44 Å². The quantitative estimate of drug-likeness (QED) is 0.726. The number of nitrogens with one attached hydrogen (secondary N) is 2. The molecule has 0 atom stereocenters. The highest BCUT2D eigenvalue weighted by Crippen LogP contribution is 2.11. The van der Waals surface area contributed by atoms with Crippen LogP contribution in [0.25, 0.3) is 0 Å². The lowest BCUT2D eigenvalue weighted by atomic mass is 10.1. The maximum Gasteiger partial charge on any atom is 0.242 e. The first-order valence-corrected chi connectivity index (χ1v) is 9.27. The molecule has 0 aliphatic heterocycles. The van der Waals surface area contributed by atoms with Crippen LogP contribution in [-0.2, 0) is 20.0 Å². The molecule has 0 fully saturated rings. The van der Waals surface area contributed by atoms with Crippen LogP contribution in [0.3, 0.4) is 0 Å². The zero-order valence-corrected chi connectivity index (χ0v) is 13.6. The second kappa shape index (κ2) is 5.94. The maximum atomic E-state index is 12.0. The summed E-state index contributed by atoms with van der Waals surface area (Å²) in [6, 6.07) is 2.67. The summed E-state index contributed by atoms with van der Waals surface area (Å²) in [4.78, 5) is 3.64. The van der Waals surface area contributed by atoms with E-state index in [1.54, 1.807) is 13.8 Å². The Kier molecular flexibility index (Phi) is 5.14. The number of halogens is 1. The van der Waals surface area contributed by atoms with Crippen LogP contribution in [-0.4, -0.2) is 40.2 Å². The van der Waals surface area contributed by atoms with Crippen LogP contribution in [0, 0.1) is 0 Å². The van der Waals surface area contributed by atoms with Crippen molar-refractivity contribution in [1.82, 2.24) is 14.4 Å². The lowest BCUT2D eigenvalue weighted by Gasteiger charge is -2.25. The van der Waals surface area contributed by atoms with Crippen LogP contribution >= 0.6 is 11.6 Å². The van der Waals surface area contributed by atoms with E-state index in [1.807, 2.05) is 0 Å². The molecule has 114 valence electrons. The lowest BCUT2D eigenvalue weighted by Crippen LogP contribution is -2.50. The molecule has 0 amide bonds. The summed E-state index contributed by atoms with van der Waals surface area (Å²) >= 11 is 5.58. The molecular weight excluding hydrogens is 326 g/mol. The highest BCUT2D eigenvalue weighted by Gasteiger charge is 2.25. The summed E-state index contributed by atoms with van der Waals surface area (Å²) in [7, 11) is -7.21. The molecule has 0 bridgehead atoms. The third-order valence-corrected chi connectivity index (χ3v) is 4.71. The van der Waals surface area contributed by atoms with Crippen molar-refractivity contribution in [3.63, 3.8) is 0 Å². The molecule has 1 rings (SSSR count). The minimum atomic E-state index is -3.77. The van der Waals surface area contributed by atoms with Gasteiger partial charge in [0.15, 0.2) is 0 Å². The molecule has 0 aromatic carbocycles. The maximum absolute atomic E-state index is 12.0. The predicted molar refractivity (Wildman–Crippen MR) is 76.5 cm³/mol. The molecule has 0 spiro atoms. The fourth-order valence-electron chi connectivity index (χ4n) is 1.42. The highest BCUT2D eigenvalue weighted by molar-refractivity contribution is 7.89. The van der Waals surface area contributed by atoms with Gasteiger partial charge in [-0.25, -0.2) is 31.3 Å². The van der Waals surface area contributed by atoms with Crippen molar-refractivity contribution in [2.75, 3.05) is 12.8 Å². The van der Waals surface area contributed by atoms with Gasteiger partial charge in [-0.2, -0.15) is 0 Å². The van der Waals surface area contributed by atoms with E-state index in [0.717, 1.165) is 12.5 Å². The summed E-state index contributed by atoms with van der Waals surface area (Å²) < 4.78 is 51.0. The van der Waals surface area contributed by atoms with E-state index in [-0.39, 0.29) is 16.6 Å². The Morgan fingerprint density at radius 2 is 1.85 bits per heavy atom. The van der Waals surface area contributed by atoms with Crippen molar-refractivity contribution < 1.29 is 16.8 Å². The molecule has 0 saturated carbocycles. The third kappa shape index (κ3) is 5.71. The molecular formula is C10H16ClN3O4S2. The van der Waals surface area contributed by atoms with Crippen LogP contribution in [0.2, 0.25) is 5.15 Å². The first-order chi connectivity index (χ1) is 8.91. The third-order valence-electron chi connectivity index (χ3n) is 2.18. The smallest absolute Gasteiger partial charge is 0.242 e. The molecule has 2 N–H and O–H groups in total. The molecule has 0 radical (unpaired) electrons. The first kappa shape index (κ1) is 17.3. The summed E-state index contributed by atoms with van der Waals surface area (Å²) in [6.45, 7) is 3.03. The van der Waals surface area contributed by atoms with Gasteiger partial charge >= 0.3 is 0 Å². The minimum Gasteiger partial charge on any atom is -0.243 e. The van der Waals surface area contributed by atoms with Gasteiger partial charge in [-0.05, 0) is 26.0 Å². The van der Waals surface area contributed by atoms with Gasteiger partial charge in [0.2, 0.25) is 20.0 Å². The van der Waals surface area contributed by atoms with Gasteiger partial charge in [-0.15, -0.1) is 0 Å². The molecule has 0 aliphatic carbocycles. The van der Waals surface area contributed by atoms with Crippen molar-refractivity contribution in [3.05, 3.63) is 23.5 Å². The zero-order valence-electron chi connectivity index (χ0n) is 11.2. The van der Waals surface area contributed by atoms with Gasteiger partial charge in [0.25, 0.3) is 0 Å². The molecule has 1 aromatic heterocycles. The molecule has 0 unspecified atom stereocenters. The van der Waals surface area contributed by atoms with E-state index in [1.165, 1.54) is 12.1 Å². The van der Waals surface area contributed by atoms with E-state index in [9.17, 15) is 16.8 Å². The van der Waals surface area contributed by atoms with Crippen LogP contribution in [0.1, 0.15) is 13.8 Å². The normalized spacial score (nSPS) is 13.4. The second-order valence-electron chi connectivity index (χ2n) is 4.90. The van der Waals surface area contributed by atoms with Crippen molar-refractivity contribution in [3.8, 4) is 0 Å². The standard InChI is InChI=1S/C10H16ClN3O4S2/c1-10(2,14-19(3,15)16)7-13-20(17,18)8-4-5-9(11)12-6-8/h4-6,13-14H,7H2,1-3H3. The van der Waals surface area contributed by atoms with Gasteiger partial charge < -0.3 is 0 Å². The second-order valence-corrected chi connectivity index (χ2v) is 8.80. The number of hydrogen-bond donors (Lipinski definition) is 2. The SMILES string of the molecule is CC(C)(CNS(=O)(=O)c1ccc(Cl)nc1)NS(C)(=O)=O. The average Bonchev–Trinajstić information content (AvgIpc) is 2.24. The molecule has 1 aromatic rings. The summed E-state index contributed by atoms with van der Waals surface area (Å²) in [5, 5.41) is 0.183. The van der Waals surface area contributed by atoms with Gasteiger partial charge in [0, 0.05) is 18.3 Å². The van der Waals surface area contributed by atoms with E-state index in [2.05, 4.69) is 14.4 Å². The Bertz CT molecular complexity index is 669. The molecule has 1 heterocycles. The summed E-state index contributed by atoms with van der Waals surface area (Å²) in [6.07, 6.45) is 2.13. The monoisotopic (exact) mass is 341 g/mol. The Morgan fingerprint density at radius 1 is 1.25 bits per heavy atom. The topological polar surface area (TPSA) is 105 Å². The average molecular weight is 342 g/mol. The fourth-order valence-corrected chi connectivity index (χ4v) is 3.76. The minimum absolute atomic E-state index is 0.0444. The lowest BCUT2D eigenvalue weighted by molar-refractivity contribution is 0.446. The predicted octanol–water partition coefficient (Wildman–Crippen LogP) is 0.341. The number of nitrogens with zero attached hydrogens (tertiary/aromatic N) is 1. The Balaban J connectivity index is 2.80. The van der Waals surface area contributed by atoms with Gasteiger partial charge in [-0.3, -0.25) is 0 Å². The number of sulfonamides is 2. The van der Waals surface area contributed by atoms with E-state index in [4.69, 9.17) is 11.6 Å². The molecule has 0 saturated heterocycles. The van der Waals surface area contributed by atoms with Crippen molar-refractivity contribution in [2.24, 2.45) is 0 Å². The largest absolute Gasteiger partial charge is 0.243 e. The van der Waals surface area contributed by atoms with Crippen molar-refractivity contribution in [2.45, 2.75) is 24.3 Å². The number of pyridine rings is 1. The van der Waals surface area contributed by atoms with Gasteiger partial charge in [-0.1, -0.05) is 11.6 Å². The number of aromatic nitrogens is 1. The fraction of sp³-hybridized carbons (Fsp3) is 0.500. The van der Waals surface area contributed by atoms with Crippen molar-refractivity contribution in [1.29, 1.82) is 0 Å². The molecule has 10 heteroatoms. The Morgan fingerprint density at radius 3 is 2.30 bits per heavy atom. The highest BCUT2D eigenvalue weighted by atomic mass is 35.5. The molecule has 0 aliphatic rings. The Hall–Kier alpha value is -0.740. The van der Waals surface area contributed by atoms with Crippen LogP contribution in [0.15, 0.2) is 23.2 Å². The van der Waals surface area contributed by atoms with Gasteiger partial charge in [0.1, 0.15) is 10.0 Å². The molecule has 20 heavy (non-hydrogen) atoms. The Labute approximate surface area is 123 Å².